The highest BCUT2D eigenvalue weighted by Crippen LogP contribution is 2.31. The number of benzene rings is 1. The topological polar surface area (TPSA) is 76.7 Å². The van der Waals surface area contributed by atoms with E-state index in [-0.39, 0.29) is 23.3 Å². The van der Waals surface area contributed by atoms with E-state index in [9.17, 15) is 8.42 Å². The highest BCUT2D eigenvalue weighted by atomic mass is 35.5. The first-order chi connectivity index (χ1) is 10.1. The molecule has 0 unspecified atom stereocenters. The van der Waals surface area contributed by atoms with Crippen LogP contribution in [0.3, 0.4) is 0 Å². The highest BCUT2D eigenvalue weighted by molar-refractivity contribution is 7.89. The molecule has 1 fully saturated rings. The minimum absolute atomic E-state index is 0. The summed E-state index contributed by atoms with van der Waals surface area (Å²) in [5.74, 6) is 1.10. The third-order valence-corrected chi connectivity index (χ3v) is 5.17. The van der Waals surface area contributed by atoms with Crippen molar-refractivity contribution in [3.63, 3.8) is 0 Å². The van der Waals surface area contributed by atoms with Crippen LogP contribution in [0, 0.1) is 0 Å². The third kappa shape index (κ3) is 4.04. The molecule has 6 nitrogen and oxygen atoms in total. The summed E-state index contributed by atoms with van der Waals surface area (Å²) in [6.07, 6.45) is 2.63. The van der Waals surface area contributed by atoms with Crippen molar-refractivity contribution in [3.8, 4) is 11.5 Å². The number of ether oxygens (including phenoxy) is 2. The lowest BCUT2D eigenvalue weighted by Gasteiger charge is -2.23. The summed E-state index contributed by atoms with van der Waals surface area (Å²) in [5, 5.41) is 3.20. The number of piperidine rings is 1. The molecule has 0 radical (unpaired) electrons. The van der Waals surface area contributed by atoms with E-state index in [1.165, 1.54) is 0 Å². The van der Waals surface area contributed by atoms with Gasteiger partial charge in [-0.1, -0.05) is 0 Å². The van der Waals surface area contributed by atoms with E-state index >= 15 is 0 Å². The second-order valence-electron chi connectivity index (χ2n) is 5.32. The molecule has 1 atom stereocenters. The monoisotopic (exact) mass is 348 g/mol. The highest BCUT2D eigenvalue weighted by Gasteiger charge is 2.23. The average molecular weight is 349 g/mol. The molecule has 2 aliphatic rings. The van der Waals surface area contributed by atoms with Crippen LogP contribution in [-0.4, -0.2) is 40.8 Å². The van der Waals surface area contributed by atoms with Gasteiger partial charge in [0.1, 0.15) is 0 Å². The molecule has 1 saturated heterocycles. The number of nitrogens with one attached hydrogen (secondary N) is 2. The van der Waals surface area contributed by atoms with Crippen LogP contribution in [0.15, 0.2) is 23.1 Å². The van der Waals surface area contributed by atoms with Crippen molar-refractivity contribution in [1.29, 1.82) is 0 Å². The van der Waals surface area contributed by atoms with Gasteiger partial charge in [-0.05, 0) is 31.5 Å². The molecule has 8 heteroatoms. The maximum Gasteiger partial charge on any atom is 0.241 e. The Kier molecular flexibility index (Phi) is 5.91. The van der Waals surface area contributed by atoms with Gasteiger partial charge in [0.15, 0.2) is 11.5 Å². The van der Waals surface area contributed by atoms with Gasteiger partial charge < -0.3 is 14.8 Å². The lowest BCUT2D eigenvalue weighted by Crippen LogP contribution is -2.45. The van der Waals surface area contributed by atoms with E-state index in [0.717, 1.165) is 25.8 Å². The first-order valence-electron chi connectivity index (χ1n) is 7.28. The molecule has 2 aliphatic heterocycles. The predicted octanol–water partition coefficient (Wildman–Crippen LogP) is 1.30. The number of hydrogen-bond donors (Lipinski definition) is 2. The first-order valence-corrected chi connectivity index (χ1v) is 8.76. The van der Waals surface area contributed by atoms with Gasteiger partial charge in [-0.25, -0.2) is 13.1 Å². The Hall–Kier alpha value is -1.02. The second-order valence-corrected chi connectivity index (χ2v) is 7.04. The van der Waals surface area contributed by atoms with Gasteiger partial charge in [0.25, 0.3) is 0 Å². The van der Waals surface area contributed by atoms with Crippen LogP contribution >= 0.6 is 12.4 Å². The van der Waals surface area contributed by atoms with E-state index in [4.69, 9.17) is 9.47 Å². The fourth-order valence-corrected chi connectivity index (χ4v) is 3.84. The van der Waals surface area contributed by atoms with E-state index in [0.29, 0.717) is 31.3 Å². The molecule has 0 aromatic heterocycles. The largest absolute Gasteiger partial charge is 0.490 e. The minimum Gasteiger partial charge on any atom is -0.490 e. The second kappa shape index (κ2) is 7.50. The molecule has 1 aromatic rings. The van der Waals surface area contributed by atoms with Crippen LogP contribution in [0.25, 0.3) is 0 Å². The van der Waals surface area contributed by atoms with Gasteiger partial charge in [-0.15, -0.1) is 12.4 Å². The van der Waals surface area contributed by atoms with Crippen LogP contribution in [-0.2, 0) is 10.0 Å². The van der Waals surface area contributed by atoms with Gasteiger partial charge >= 0.3 is 0 Å². The van der Waals surface area contributed by atoms with E-state index in [1.54, 1.807) is 18.2 Å². The SMILES string of the molecule is Cl.O=S(=O)(N[C@H]1CCCNC1)c1ccc2c(c1)OCCCO2. The Labute approximate surface area is 137 Å². The molecule has 1 aromatic carbocycles. The molecular weight excluding hydrogens is 328 g/mol. The van der Waals surface area contributed by atoms with Crippen molar-refractivity contribution in [1.82, 2.24) is 10.0 Å². The molecule has 0 aliphatic carbocycles. The van der Waals surface area contributed by atoms with Crippen molar-refractivity contribution >= 4 is 22.4 Å². The van der Waals surface area contributed by atoms with Crippen molar-refractivity contribution < 1.29 is 17.9 Å². The number of rotatable bonds is 3. The van der Waals surface area contributed by atoms with E-state index in [1.807, 2.05) is 0 Å². The Morgan fingerprint density at radius 2 is 1.91 bits per heavy atom. The minimum atomic E-state index is -3.53. The Bertz CT molecular complexity index is 603. The molecule has 2 N–H and O–H groups in total. The third-order valence-electron chi connectivity index (χ3n) is 3.65. The Morgan fingerprint density at radius 1 is 1.14 bits per heavy atom. The molecule has 0 amide bonds. The number of halogens is 1. The summed E-state index contributed by atoms with van der Waals surface area (Å²) < 4.78 is 38.7. The fourth-order valence-electron chi connectivity index (χ4n) is 2.55. The first kappa shape index (κ1) is 17.3. The normalized spacial score (nSPS) is 21.5. The quantitative estimate of drug-likeness (QED) is 0.861. The van der Waals surface area contributed by atoms with Crippen molar-refractivity contribution in [2.45, 2.75) is 30.2 Å². The van der Waals surface area contributed by atoms with Crippen molar-refractivity contribution in [3.05, 3.63) is 18.2 Å². The Balaban J connectivity index is 0.00000176. The van der Waals surface area contributed by atoms with Gasteiger partial charge in [0.05, 0.1) is 18.1 Å². The number of fused-ring (bicyclic) bond motifs is 1. The summed E-state index contributed by atoms with van der Waals surface area (Å²) in [4.78, 5) is 0.220. The summed E-state index contributed by atoms with van der Waals surface area (Å²) in [5.41, 5.74) is 0. The molecule has 0 spiro atoms. The maximum atomic E-state index is 12.4. The van der Waals surface area contributed by atoms with Crippen LogP contribution in [0.4, 0.5) is 0 Å². The van der Waals surface area contributed by atoms with Crippen LogP contribution in [0.5, 0.6) is 11.5 Å². The smallest absolute Gasteiger partial charge is 0.241 e. The number of sulfonamides is 1. The molecular formula is C14H21ClN2O4S. The Morgan fingerprint density at radius 3 is 2.64 bits per heavy atom. The summed E-state index contributed by atoms with van der Waals surface area (Å²) in [6.45, 7) is 2.74. The standard InChI is InChI=1S/C14H20N2O4S.ClH/c17-21(18,16-11-3-1-6-15-10-11)12-4-5-13-14(9-12)20-8-2-7-19-13;/h4-5,9,11,15-16H,1-3,6-8,10H2;1H/t11-;/m0./s1. The van der Waals surface area contributed by atoms with Gasteiger partial charge in [-0.3, -0.25) is 0 Å². The molecule has 22 heavy (non-hydrogen) atoms. The van der Waals surface area contributed by atoms with Gasteiger partial charge in [-0.2, -0.15) is 0 Å². The molecule has 0 saturated carbocycles. The number of hydrogen-bond acceptors (Lipinski definition) is 5. The molecule has 124 valence electrons. The molecule has 3 rings (SSSR count). The maximum absolute atomic E-state index is 12.4. The van der Waals surface area contributed by atoms with E-state index < -0.39 is 10.0 Å². The van der Waals surface area contributed by atoms with Crippen molar-refractivity contribution in [2.75, 3.05) is 26.3 Å². The van der Waals surface area contributed by atoms with Gasteiger partial charge in [0.2, 0.25) is 10.0 Å². The van der Waals surface area contributed by atoms with Crippen LogP contribution in [0.2, 0.25) is 0 Å². The van der Waals surface area contributed by atoms with Crippen LogP contribution in [0.1, 0.15) is 19.3 Å². The molecule has 2 heterocycles. The zero-order chi connectivity index (χ0) is 14.7. The predicted molar refractivity (Wildman–Crippen MR) is 85.5 cm³/mol. The molecule has 0 bridgehead atoms. The average Bonchev–Trinajstić information content (AvgIpc) is 2.72. The lowest BCUT2D eigenvalue weighted by molar-refractivity contribution is 0.297. The lowest BCUT2D eigenvalue weighted by atomic mass is 10.1. The van der Waals surface area contributed by atoms with Crippen molar-refractivity contribution in [2.24, 2.45) is 0 Å². The zero-order valence-electron chi connectivity index (χ0n) is 12.2. The van der Waals surface area contributed by atoms with Crippen LogP contribution < -0.4 is 19.5 Å². The summed E-state index contributed by atoms with van der Waals surface area (Å²) >= 11 is 0. The fraction of sp³-hybridized carbons (Fsp3) is 0.571. The summed E-state index contributed by atoms with van der Waals surface area (Å²) in [7, 11) is -3.53. The van der Waals surface area contributed by atoms with E-state index in [2.05, 4.69) is 10.0 Å². The summed E-state index contributed by atoms with van der Waals surface area (Å²) in [6, 6.07) is 4.71. The zero-order valence-corrected chi connectivity index (χ0v) is 13.8. The van der Waals surface area contributed by atoms with Gasteiger partial charge in [0, 0.05) is 25.1 Å².